The van der Waals surface area contributed by atoms with E-state index < -0.39 is 12.1 Å². The first-order valence-electron chi connectivity index (χ1n) is 9.49. The minimum absolute atomic E-state index is 0.262. The number of rotatable bonds is 5. The monoisotopic (exact) mass is 400 g/mol. The average molecular weight is 400 g/mol. The molecule has 150 valence electrons. The van der Waals surface area contributed by atoms with Gasteiger partial charge >= 0.3 is 5.97 Å². The Morgan fingerprint density at radius 3 is 2.67 bits per heavy atom. The molecule has 1 N–H and O–H groups in total. The van der Waals surface area contributed by atoms with E-state index in [1.165, 1.54) is 6.08 Å². The number of hydrogen-bond acceptors (Lipinski definition) is 5. The Morgan fingerprint density at radius 1 is 1.07 bits per heavy atom. The molecule has 0 amide bonds. The second-order valence-corrected chi connectivity index (χ2v) is 6.85. The summed E-state index contributed by atoms with van der Waals surface area (Å²) >= 11 is 0. The lowest BCUT2D eigenvalue weighted by Crippen LogP contribution is -2.16. The van der Waals surface area contributed by atoms with Crippen LogP contribution in [0.4, 0.5) is 0 Å². The molecule has 0 aliphatic carbocycles. The fraction of sp³-hybridized carbons (Fsp3) is 0.125. The molecule has 0 spiro atoms. The van der Waals surface area contributed by atoms with E-state index in [0.717, 1.165) is 22.1 Å². The Kier molecular flexibility index (Phi) is 5.30. The van der Waals surface area contributed by atoms with Crippen LogP contribution in [0.3, 0.4) is 0 Å². The minimum Gasteiger partial charge on any atom is -0.497 e. The zero-order valence-corrected chi connectivity index (χ0v) is 16.6. The van der Waals surface area contributed by atoms with Crippen LogP contribution in [-0.2, 0) is 9.53 Å². The number of esters is 1. The van der Waals surface area contributed by atoms with Gasteiger partial charge in [-0.25, -0.2) is 9.78 Å². The van der Waals surface area contributed by atoms with Gasteiger partial charge in [0.05, 0.1) is 18.0 Å². The van der Waals surface area contributed by atoms with Gasteiger partial charge in [0.25, 0.3) is 5.56 Å². The first-order valence-corrected chi connectivity index (χ1v) is 9.49. The van der Waals surface area contributed by atoms with Gasteiger partial charge in [-0.3, -0.25) is 4.79 Å². The first kappa shape index (κ1) is 19.4. The van der Waals surface area contributed by atoms with Crippen molar-refractivity contribution < 1.29 is 14.3 Å². The molecule has 0 bridgehead atoms. The maximum Gasteiger partial charge on any atom is 0.331 e. The second kappa shape index (κ2) is 8.21. The number of H-pyrrole nitrogens is 1. The topological polar surface area (TPSA) is 81.3 Å². The summed E-state index contributed by atoms with van der Waals surface area (Å²) < 4.78 is 10.6. The van der Waals surface area contributed by atoms with Gasteiger partial charge < -0.3 is 14.5 Å². The van der Waals surface area contributed by atoms with E-state index in [2.05, 4.69) is 9.97 Å². The van der Waals surface area contributed by atoms with Crippen LogP contribution in [0, 0.1) is 0 Å². The number of hydrogen-bond donors (Lipinski definition) is 1. The molecule has 0 unspecified atom stereocenters. The zero-order chi connectivity index (χ0) is 21.1. The molecule has 1 aromatic heterocycles. The lowest BCUT2D eigenvalue weighted by molar-refractivity contribution is -0.142. The van der Waals surface area contributed by atoms with E-state index >= 15 is 0 Å². The SMILES string of the molecule is COc1ccc2cc(/C=C/C(=O)O[C@H](C)c3nc4ccccc4c(=O)[nH]3)ccc2c1. The van der Waals surface area contributed by atoms with E-state index in [9.17, 15) is 9.59 Å². The molecule has 3 aromatic carbocycles. The third-order valence-corrected chi connectivity index (χ3v) is 4.79. The molecule has 6 nitrogen and oxygen atoms in total. The number of nitrogens with zero attached hydrogens (tertiary/aromatic N) is 1. The third kappa shape index (κ3) is 4.07. The van der Waals surface area contributed by atoms with Gasteiger partial charge in [-0.1, -0.05) is 30.3 Å². The van der Waals surface area contributed by atoms with E-state index in [0.29, 0.717) is 16.7 Å². The summed E-state index contributed by atoms with van der Waals surface area (Å²) in [5.41, 5.74) is 1.17. The smallest absolute Gasteiger partial charge is 0.331 e. The van der Waals surface area contributed by atoms with E-state index in [-0.39, 0.29) is 5.56 Å². The largest absolute Gasteiger partial charge is 0.497 e. The molecular weight excluding hydrogens is 380 g/mol. The molecule has 0 aliphatic heterocycles. The number of ether oxygens (including phenoxy) is 2. The van der Waals surface area contributed by atoms with E-state index in [1.807, 2.05) is 36.4 Å². The summed E-state index contributed by atoms with van der Waals surface area (Å²) in [7, 11) is 1.63. The van der Waals surface area contributed by atoms with Crippen LogP contribution in [0.5, 0.6) is 5.75 Å². The highest BCUT2D eigenvalue weighted by atomic mass is 16.5. The van der Waals surface area contributed by atoms with E-state index in [4.69, 9.17) is 9.47 Å². The molecule has 4 aromatic rings. The predicted octanol–water partition coefficient (Wildman–Crippen LogP) is 4.40. The number of aromatic nitrogens is 2. The van der Waals surface area contributed by atoms with Crippen molar-refractivity contribution >= 4 is 33.7 Å². The molecule has 0 saturated heterocycles. The van der Waals surface area contributed by atoms with Crippen molar-refractivity contribution in [3.8, 4) is 5.75 Å². The number of benzene rings is 3. The van der Waals surface area contributed by atoms with Crippen molar-refractivity contribution in [3.05, 3.63) is 88.5 Å². The number of para-hydroxylation sites is 1. The van der Waals surface area contributed by atoms with Gasteiger partial charge in [-0.15, -0.1) is 0 Å². The van der Waals surface area contributed by atoms with Crippen LogP contribution < -0.4 is 10.3 Å². The fourth-order valence-electron chi connectivity index (χ4n) is 3.20. The normalized spacial score (nSPS) is 12.3. The van der Waals surface area contributed by atoms with Gasteiger partial charge in [0.15, 0.2) is 11.9 Å². The molecule has 0 radical (unpaired) electrons. The number of nitrogens with one attached hydrogen (secondary N) is 1. The van der Waals surface area contributed by atoms with Crippen molar-refractivity contribution in [1.29, 1.82) is 0 Å². The van der Waals surface area contributed by atoms with Crippen LogP contribution in [-0.4, -0.2) is 23.0 Å². The summed E-state index contributed by atoms with van der Waals surface area (Å²) in [5, 5.41) is 2.58. The van der Waals surface area contributed by atoms with Gasteiger partial charge in [-0.05, 0) is 59.7 Å². The van der Waals surface area contributed by atoms with Crippen molar-refractivity contribution in [1.82, 2.24) is 9.97 Å². The number of fused-ring (bicyclic) bond motifs is 2. The summed E-state index contributed by atoms with van der Waals surface area (Å²) in [4.78, 5) is 31.5. The zero-order valence-electron chi connectivity index (χ0n) is 16.6. The molecule has 30 heavy (non-hydrogen) atoms. The summed E-state index contributed by atoms with van der Waals surface area (Å²) in [5.74, 6) is 0.580. The standard InChI is InChI=1S/C24H20N2O4/c1-15(23-25-21-6-4-3-5-20(21)24(28)26-23)30-22(27)12-8-16-7-9-18-14-19(29-2)11-10-17(18)13-16/h3-15H,1-2H3,(H,25,26,28)/b12-8+/t15-/m1/s1. The maximum atomic E-state index is 12.3. The highest BCUT2D eigenvalue weighted by Gasteiger charge is 2.14. The Bertz CT molecular complexity index is 1320. The van der Waals surface area contributed by atoms with Crippen LogP contribution in [0.15, 0.2) is 71.5 Å². The van der Waals surface area contributed by atoms with Crippen LogP contribution >= 0.6 is 0 Å². The minimum atomic E-state index is -0.691. The predicted molar refractivity (Wildman–Crippen MR) is 116 cm³/mol. The summed E-state index contributed by atoms with van der Waals surface area (Å²) in [6.45, 7) is 1.67. The van der Waals surface area contributed by atoms with Gasteiger partial charge in [0.1, 0.15) is 5.75 Å². The molecule has 6 heteroatoms. The molecule has 1 heterocycles. The number of carbonyl (C=O) groups is 1. The first-order chi connectivity index (χ1) is 14.5. The number of carbonyl (C=O) groups excluding carboxylic acids is 1. The van der Waals surface area contributed by atoms with Crippen molar-refractivity contribution in [2.75, 3.05) is 7.11 Å². The number of methoxy groups -OCH3 is 1. The Hall–Kier alpha value is -3.93. The highest BCUT2D eigenvalue weighted by molar-refractivity contribution is 5.90. The van der Waals surface area contributed by atoms with E-state index in [1.54, 1.807) is 44.4 Å². The van der Waals surface area contributed by atoms with Crippen LogP contribution in [0.2, 0.25) is 0 Å². The molecular formula is C24H20N2O4. The molecule has 0 aliphatic rings. The average Bonchev–Trinajstić information content (AvgIpc) is 2.77. The van der Waals surface area contributed by atoms with Gasteiger partial charge in [-0.2, -0.15) is 0 Å². The van der Waals surface area contributed by atoms with Crippen LogP contribution in [0.25, 0.3) is 27.8 Å². The number of aromatic amines is 1. The summed E-state index contributed by atoms with van der Waals surface area (Å²) in [6, 6.07) is 18.7. The fourth-order valence-corrected chi connectivity index (χ4v) is 3.20. The highest BCUT2D eigenvalue weighted by Crippen LogP contribution is 2.22. The maximum absolute atomic E-state index is 12.3. The molecule has 1 atom stereocenters. The Balaban J connectivity index is 1.48. The summed E-state index contributed by atoms with van der Waals surface area (Å²) in [6.07, 6.45) is 2.36. The van der Waals surface area contributed by atoms with Gasteiger partial charge in [0.2, 0.25) is 0 Å². The Morgan fingerprint density at radius 2 is 1.83 bits per heavy atom. The lowest BCUT2D eigenvalue weighted by atomic mass is 10.1. The van der Waals surface area contributed by atoms with Gasteiger partial charge in [0, 0.05) is 6.08 Å². The lowest BCUT2D eigenvalue weighted by Gasteiger charge is -2.11. The van der Waals surface area contributed by atoms with Crippen molar-refractivity contribution in [2.45, 2.75) is 13.0 Å². The Labute approximate surface area is 172 Å². The molecule has 4 rings (SSSR count). The quantitative estimate of drug-likeness (QED) is 0.397. The van der Waals surface area contributed by atoms with Crippen molar-refractivity contribution in [2.24, 2.45) is 0 Å². The van der Waals surface area contributed by atoms with Crippen LogP contribution in [0.1, 0.15) is 24.4 Å². The molecule has 0 fully saturated rings. The third-order valence-electron chi connectivity index (χ3n) is 4.79. The second-order valence-electron chi connectivity index (χ2n) is 6.85. The van der Waals surface area contributed by atoms with Crippen molar-refractivity contribution in [3.63, 3.8) is 0 Å². The molecule has 0 saturated carbocycles.